The molecule has 0 aliphatic carbocycles. The minimum absolute atomic E-state index is 0.658. The average Bonchev–Trinajstić information content (AvgIpc) is 2.31. The van der Waals surface area contributed by atoms with E-state index < -0.39 is 0 Å². The van der Waals surface area contributed by atoms with Crippen molar-refractivity contribution in [3.63, 3.8) is 0 Å². The maximum Gasteiger partial charge on any atom is 0.199 e. The van der Waals surface area contributed by atoms with Gasteiger partial charge in [-0.3, -0.25) is 0 Å². The minimum atomic E-state index is 0.658. The maximum atomic E-state index is 4.09. The SMILES string of the molecule is C=CN=C(N=CC)SSSc1ncccn1. The highest BCUT2D eigenvalue weighted by Gasteiger charge is 2.01. The fraction of sp³-hybridized carbons (Fsp3) is 0.111. The van der Waals surface area contributed by atoms with Gasteiger partial charge < -0.3 is 0 Å². The van der Waals surface area contributed by atoms with E-state index in [4.69, 9.17) is 0 Å². The predicted octanol–water partition coefficient (Wildman–Crippen LogP) is 3.46. The molecule has 16 heavy (non-hydrogen) atoms. The van der Waals surface area contributed by atoms with Crippen LogP contribution >= 0.6 is 31.4 Å². The lowest BCUT2D eigenvalue weighted by Crippen LogP contribution is -1.83. The summed E-state index contributed by atoms with van der Waals surface area (Å²) in [4.78, 5) is 16.3. The van der Waals surface area contributed by atoms with Crippen LogP contribution in [0.2, 0.25) is 0 Å². The van der Waals surface area contributed by atoms with Gasteiger partial charge in [-0.05, 0) is 44.4 Å². The molecular formula is C9H10N4S3. The van der Waals surface area contributed by atoms with Crippen molar-refractivity contribution < 1.29 is 0 Å². The first-order chi connectivity index (χ1) is 7.86. The highest BCUT2D eigenvalue weighted by molar-refractivity contribution is 9.12. The number of aromatic nitrogens is 2. The summed E-state index contributed by atoms with van der Waals surface area (Å²) < 4.78 is 0. The summed E-state index contributed by atoms with van der Waals surface area (Å²) in [5, 5.41) is 1.38. The summed E-state index contributed by atoms with van der Waals surface area (Å²) in [6, 6.07) is 1.79. The van der Waals surface area contributed by atoms with Gasteiger partial charge >= 0.3 is 0 Å². The van der Waals surface area contributed by atoms with E-state index in [1.54, 1.807) is 24.7 Å². The van der Waals surface area contributed by atoms with E-state index in [2.05, 4.69) is 26.5 Å². The number of aliphatic imine (C=N–C) groups is 2. The molecule has 0 atom stereocenters. The van der Waals surface area contributed by atoms with Crippen molar-refractivity contribution in [2.45, 2.75) is 12.1 Å². The Labute approximate surface area is 106 Å². The fourth-order valence-corrected chi connectivity index (χ4v) is 3.69. The first-order valence-electron chi connectivity index (χ1n) is 4.32. The van der Waals surface area contributed by atoms with Crippen molar-refractivity contribution in [3.05, 3.63) is 31.2 Å². The number of nitrogens with zero attached hydrogens (tertiary/aromatic N) is 4. The summed E-state index contributed by atoms with van der Waals surface area (Å²) >= 11 is 0. The molecule has 0 aromatic carbocycles. The number of hydrogen-bond acceptors (Lipinski definition) is 6. The molecule has 0 aliphatic rings. The largest absolute Gasteiger partial charge is 0.235 e. The Morgan fingerprint density at radius 1 is 1.44 bits per heavy atom. The summed E-state index contributed by atoms with van der Waals surface area (Å²) in [5.74, 6) is 0. The van der Waals surface area contributed by atoms with Crippen LogP contribution in [0.3, 0.4) is 0 Å². The molecule has 0 radical (unpaired) electrons. The number of rotatable bonds is 4. The number of amidine groups is 1. The summed E-state index contributed by atoms with van der Waals surface area (Å²) in [6.07, 6.45) is 6.59. The summed E-state index contributed by atoms with van der Waals surface area (Å²) in [5.41, 5.74) is 0. The zero-order valence-electron chi connectivity index (χ0n) is 8.61. The highest BCUT2D eigenvalue weighted by atomic mass is 33.5. The lowest BCUT2D eigenvalue weighted by atomic mass is 10.7. The van der Waals surface area contributed by atoms with E-state index in [9.17, 15) is 0 Å². The highest BCUT2D eigenvalue weighted by Crippen LogP contribution is 2.39. The minimum Gasteiger partial charge on any atom is -0.235 e. The number of hydrogen-bond donors (Lipinski definition) is 0. The zero-order chi connectivity index (χ0) is 11.6. The van der Waals surface area contributed by atoms with Crippen LogP contribution in [-0.4, -0.2) is 21.4 Å². The lowest BCUT2D eigenvalue weighted by molar-refractivity contribution is 0.973. The van der Waals surface area contributed by atoms with Gasteiger partial charge in [0.25, 0.3) is 0 Å². The molecule has 1 aromatic rings. The van der Waals surface area contributed by atoms with Crippen LogP contribution in [0.4, 0.5) is 0 Å². The first kappa shape index (κ1) is 13.3. The van der Waals surface area contributed by atoms with Gasteiger partial charge in [-0.1, -0.05) is 6.58 Å². The maximum absolute atomic E-state index is 4.09. The molecule has 84 valence electrons. The molecule has 1 heterocycles. The van der Waals surface area contributed by atoms with E-state index in [1.807, 2.05) is 6.92 Å². The van der Waals surface area contributed by atoms with E-state index >= 15 is 0 Å². The molecule has 1 aromatic heterocycles. The Kier molecular flexibility index (Phi) is 6.95. The molecule has 0 amide bonds. The van der Waals surface area contributed by atoms with Crippen LogP contribution in [0, 0.1) is 0 Å². The van der Waals surface area contributed by atoms with Gasteiger partial charge in [-0.25, -0.2) is 20.0 Å². The third kappa shape index (κ3) is 5.34. The van der Waals surface area contributed by atoms with Crippen molar-refractivity contribution in [2.24, 2.45) is 9.98 Å². The van der Waals surface area contributed by atoms with Gasteiger partial charge in [0.05, 0.1) is 0 Å². The van der Waals surface area contributed by atoms with Crippen LogP contribution in [0.15, 0.2) is 46.4 Å². The van der Waals surface area contributed by atoms with Gasteiger partial charge in [0, 0.05) is 24.8 Å². The zero-order valence-corrected chi connectivity index (χ0v) is 11.1. The normalized spacial score (nSPS) is 11.9. The molecule has 4 nitrogen and oxygen atoms in total. The van der Waals surface area contributed by atoms with Crippen LogP contribution in [0.1, 0.15) is 6.92 Å². The first-order valence-corrected chi connectivity index (χ1v) is 7.80. The Hall–Kier alpha value is -0.790. The van der Waals surface area contributed by atoms with E-state index in [1.165, 1.54) is 37.6 Å². The summed E-state index contributed by atoms with van der Waals surface area (Å²) in [7, 11) is 4.43. The second kappa shape index (κ2) is 8.37. The molecule has 0 fully saturated rings. The van der Waals surface area contributed by atoms with Crippen molar-refractivity contribution in [2.75, 3.05) is 0 Å². The Bertz CT molecular complexity index is 378. The molecule has 0 unspecified atom stereocenters. The molecule has 0 saturated heterocycles. The summed E-state index contributed by atoms with van der Waals surface area (Å²) in [6.45, 7) is 5.38. The third-order valence-corrected chi connectivity index (χ3v) is 4.58. The van der Waals surface area contributed by atoms with E-state index in [0.29, 0.717) is 5.17 Å². The Morgan fingerprint density at radius 2 is 2.19 bits per heavy atom. The smallest absolute Gasteiger partial charge is 0.199 e. The van der Waals surface area contributed by atoms with Crippen molar-refractivity contribution in [1.82, 2.24) is 9.97 Å². The molecule has 0 N–H and O–H groups in total. The predicted molar refractivity (Wildman–Crippen MR) is 74.9 cm³/mol. The third-order valence-electron chi connectivity index (χ3n) is 1.20. The molecule has 0 aliphatic heterocycles. The van der Waals surface area contributed by atoms with Crippen molar-refractivity contribution in [3.8, 4) is 0 Å². The topological polar surface area (TPSA) is 50.5 Å². The van der Waals surface area contributed by atoms with Crippen LogP contribution < -0.4 is 0 Å². The van der Waals surface area contributed by atoms with Crippen LogP contribution in [0.25, 0.3) is 0 Å². The lowest BCUT2D eigenvalue weighted by Gasteiger charge is -1.97. The van der Waals surface area contributed by atoms with E-state index in [-0.39, 0.29) is 0 Å². The van der Waals surface area contributed by atoms with Crippen LogP contribution in [0.5, 0.6) is 0 Å². The molecule has 0 saturated carbocycles. The molecule has 0 spiro atoms. The molecule has 1 rings (SSSR count). The second-order valence-corrected chi connectivity index (χ2v) is 6.08. The van der Waals surface area contributed by atoms with E-state index in [0.717, 1.165) is 5.16 Å². The van der Waals surface area contributed by atoms with Crippen molar-refractivity contribution >= 4 is 42.8 Å². The Balaban J connectivity index is 2.39. The molecule has 7 heteroatoms. The standard InChI is InChI=1S/C9H10N4S3/c1-3-10-8(11-4-2)14-16-15-9-12-6-5-7-13-9/h3-7H,1H2,2H3. The van der Waals surface area contributed by atoms with Gasteiger partial charge in [0.2, 0.25) is 0 Å². The van der Waals surface area contributed by atoms with Crippen molar-refractivity contribution in [1.29, 1.82) is 0 Å². The van der Waals surface area contributed by atoms with Crippen LogP contribution in [-0.2, 0) is 0 Å². The monoisotopic (exact) mass is 270 g/mol. The molecular weight excluding hydrogens is 260 g/mol. The second-order valence-electron chi connectivity index (χ2n) is 2.25. The molecule has 0 bridgehead atoms. The van der Waals surface area contributed by atoms with Gasteiger partial charge in [-0.2, -0.15) is 0 Å². The average molecular weight is 270 g/mol. The van der Waals surface area contributed by atoms with Gasteiger partial charge in [0.15, 0.2) is 10.3 Å². The quantitative estimate of drug-likeness (QED) is 0.363. The van der Waals surface area contributed by atoms with Gasteiger partial charge in [0.1, 0.15) is 0 Å². The fourth-order valence-electron chi connectivity index (χ4n) is 0.671. The Morgan fingerprint density at radius 3 is 2.81 bits per heavy atom. The van der Waals surface area contributed by atoms with Gasteiger partial charge in [-0.15, -0.1) is 0 Å².